The number of aromatic nitrogens is 20. The molecule has 10 unspecified atom stereocenters. The Kier molecular flexibility index (Phi) is 49.1. The van der Waals surface area contributed by atoms with Gasteiger partial charge in [-0.1, -0.05) is 216 Å². The highest BCUT2D eigenvalue weighted by Gasteiger charge is 2.42. The van der Waals surface area contributed by atoms with Crippen molar-refractivity contribution in [2.45, 2.75) is 129 Å². The highest BCUT2D eigenvalue weighted by molar-refractivity contribution is 8.26. The summed E-state index contributed by atoms with van der Waals surface area (Å²) in [6.07, 6.45) is 31.8. The van der Waals surface area contributed by atoms with Gasteiger partial charge in [0.1, 0.15) is 121 Å². The van der Waals surface area contributed by atoms with Crippen LogP contribution in [0.15, 0.2) is 203 Å². The van der Waals surface area contributed by atoms with Gasteiger partial charge in [0, 0.05) is 142 Å². The molecule has 0 saturated heterocycles. The lowest BCUT2D eigenvalue weighted by Gasteiger charge is -2.33. The second-order valence-corrected chi connectivity index (χ2v) is 49.3. The van der Waals surface area contributed by atoms with Crippen molar-refractivity contribution in [3.05, 3.63) is 203 Å². The van der Waals surface area contributed by atoms with Gasteiger partial charge in [0.15, 0.2) is 38.9 Å². The van der Waals surface area contributed by atoms with Crippen molar-refractivity contribution in [2.24, 2.45) is 10.8 Å². The molecule has 0 fully saturated rings. The molecule has 0 spiro atoms. The van der Waals surface area contributed by atoms with Gasteiger partial charge < -0.3 is 47.4 Å². The number of benzene rings is 1. The Morgan fingerprint density at radius 2 is 0.377 bits per heavy atom. The van der Waals surface area contributed by atoms with Crippen LogP contribution in [0.2, 0.25) is 0 Å². The molecule has 0 bridgehead atoms. The first-order chi connectivity index (χ1) is 69.5. The number of thiocarbonyl (C=S) groups is 9. The van der Waals surface area contributed by atoms with Crippen molar-refractivity contribution in [1.29, 1.82) is 0 Å². The second kappa shape index (κ2) is 60.0. The minimum Gasteiger partial charge on any atom is -0.464 e. The number of rotatable bonds is 37. The van der Waals surface area contributed by atoms with E-state index in [0.29, 0.717) is 38.9 Å². The monoisotopic (exact) mass is 2350 g/mol. The van der Waals surface area contributed by atoms with Crippen LogP contribution < -0.4 is 14.2 Å². The van der Waals surface area contributed by atoms with E-state index in [-0.39, 0.29) is 37.1 Å². The Hall–Kier alpha value is -10.0. The summed E-state index contributed by atoms with van der Waals surface area (Å²) in [5, 5.41) is 32.4. The summed E-state index contributed by atoms with van der Waals surface area (Å²) in [7, 11) is 0. The van der Waals surface area contributed by atoms with E-state index in [4.69, 9.17) is 157 Å². The normalized spacial score (nSPS) is 13.9. The standard InChI is InChI=1S/C33H36N8O8S8.C27H24N6O6S6.C26H30N6O7S5/c1-21(54-29(50)38-13-5-9-34-38)25(42)46-17-33(18-47-26(43)22(2)55-30(51)39-14-6-10-35-39,19-48-27(44)23(3)56-31(52)40-15-7-11-36-40)20-49-28(45)24(4)57-32(53)41-16-8-12-37-41;1-16(43-25(40)31-10-4-7-28-31)22(34)37-19-13-20(38-23(35)17(2)44-26(41)32-11-5-8-29-32)15-21(14-19)39-24(36)18(3)45-27(42)33-12-6-9-30-33;1-17(42-23(36)30-11-5-8-27-30)20(33)37-14-26(4,15-38-21(34)18(2)43-24(40)31-12-6-9-28-31)16-39-22(35)19(3)44-25(41)32-13-7-10-29-32/h5-16,21-24H,17-20H2,1-4H3;4-18H,1-3H3;5-13,17-19H,14-16H2,1-4H3. The predicted octanol–water partition coefficient (Wildman–Crippen LogP) is 13.5. The van der Waals surface area contributed by atoms with Crippen LogP contribution >= 0.6 is 228 Å². The molecule has 0 amide bonds. The van der Waals surface area contributed by atoms with Gasteiger partial charge in [-0.15, -0.1) is 0 Å². The molecule has 0 N–H and O–H groups in total. The quantitative estimate of drug-likeness (QED) is 0.0151. The number of thioether (sulfide) groups is 10. The molecule has 0 radical (unpaired) electrons. The van der Waals surface area contributed by atoms with Gasteiger partial charge in [-0.2, -0.15) is 55.7 Å². The fourth-order valence-corrected chi connectivity index (χ4v) is 22.1. The van der Waals surface area contributed by atoms with Gasteiger partial charge in [0.2, 0.25) is 0 Å². The van der Waals surface area contributed by atoms with Crippen LogP contribution in [0.1, 0.15) is 76.2 Å². The average Bonchev–Trinajstić information content (AvgIpc) is 1.44. The number of ether oxygens (including phenoxy) is 10. The van der Waals surface area contributed by atoms with E-state index >= 15 is 0 Å². The van der Waals surface area contributed by atoms with E-state index < -0.39 is 155 Å². The molecular weight excluding hydrogens is 2260 g/mol. The van der Waals surface area contributed by atoms with E-state index in [2.05, 4.69) is 51.0 Å². The summed E-state index contributed by atoms with van der Waals surface area (Å²) >= 11 is 58.6. The van der Waals surface area contributed by atoms with Crippen LogP contribution in [0.5, 0.6) is 17.2 Å². The first-order valence-electron chi connectivity index (χ1n) is 42.6. The summed E-state index contributed by atoms with van der Waals surface area (Å²) < 4.78 is 73.5. The fraction of sp³-hybridized carbons (Fsp3) is 0.349. The molecule has 146 heavy (non-hydrogen) atoms. The molecule has 11 rings (SSSR count). The molecule has 60 heteroatoms. The smallest absolute Gasteiger partial charge is 0.324 e. The van der Waals surface area contributed by atoms with Gasteiger partial charge in [-0.25, -0.2) is 42.1 Å². The molecule has 10 heterocycles. The van der Waals surface area contributed by atoms with E-state index in [1.165, 1.54) is 79.7 Å². The van der Waals surface area contributed by atoms with Gasteiger partial charge in [-0.05, 0) is 149 Å². The molecular formula is C86H90N20O21S19. The SMILES string of the molecule is CC(SC(=O)n1cccn1)C(=O)OCC(C)(COC(=O)C(C)SC(=S)n1cccn1)COC(=O)C(C)SC(=S)n1cccn1.CC(SC(=S)n1cccn1)C(=O)OCC(COC(=O)C(C)SC(=S)n1cccn1)(COC(=O)C(C)SC(=S)n1cccn1)COC(=O)C(C)SC(=S)n1cccn1.CC(SC(=S)n1cccn1)C(=O)Oc1cc(OC(=O)C(C)SC(=S)n2cccn2)cc(OC(=O)C(C)SC(=S)n2cccn2)c1. The first-order valence-corrected chi connectivity index (χ1v) is 55.1. The minimum atomic E-state index is -1.60. The third kappa shape index (κ3) is 39.2. The highest BCUT2D eigenvalue weighted by atomic mass is 32.2. The molecule has 10 aromatic heterocycles. The zero-order valence-electron chi connectivity index (χ0n) is 78.6. The lowest BCUT2D eigenvalue weighted by Crippen LogP contribution is -2.46. The minimum absolute atomic E-state index is 0.0229. The largest absolute Gasteiger partial charge is 0.464 e. The zero-order valence-corrected chi connectivity index (χ0v) is 94.1. The maximum atomic E-state index is 13.4. The van der Waals surface area contributed by atoms with Crippen LogP contribution in [0.3, 0.4) is 0 Å². The number of carbonyl (C=O) groups is 11. The van der Waals surface area contributed by atoms with Crippen LogP contribution in [0, 0.1) is 10.8 Å². The van der Waals surface area contributed by atoms with Crippen molar-refractivity contribution < 1.29 is 100 Å². The lowest BCUT2D eigenvalue weighted by atomic mass is 9.92. The molecule has 774 valence electrons. The maximum absolute atomic E-state index is 13.4. The van der Waals surface area contributed by atoms with Crippen molar-refractivity contribution >= 4 is 331 Å². The molecule has 0 aliphatic heterocycles. The molecule has 0 saturated carbocycles. The predicted molar refractivity (Wildman–Crippen MR) is 596 cm³/mol. The number of hydrogen-bond donors (Lipinski definition) is 0. The van der Waals surface area contributed by atoms with Gasteiger partial charge in [0.25, 0.3) is 0 Å². The summed E-state index contributed by atoms with van der Waals surface area (Å²) in [4.78, 5) is 143. The third-order valence-corrected chi connectivity index (χ3v) is 31.9. The highest BCUT2D eigenvalue weighted by Crippen LogP contribution is 2.35. The zero-order chi connectivity index (χ0) is 106. The second-order valence-electron chi connectivity index (χ2n) is 30.2. The Bertz CT molecular complexity index is 5630. The molecule has 11 aromatic rings. The van der Waals surface area contributed by atoms with Crippen molar-refractivity contribution in [3.8, 4) is 17.2 Å². The van der Waals surface area contributed by atoms with Gasteiger partial charge in [-0.3, -0.25) is 52.7 Å². The summed E-state index contributed by atoms with van der Waals surface area (Å²) in [5.74, 6) is -6.60. The van der Waals surface area contributed by atoms with Crippen LogP contribution in [0.25, 0.3) is 0 Å². The summed E-state index contributed by atoms with van der Waals surface area (Å²) in [6.45, 7) is 14.9. The van der Waals surface area contributed by atoms with E-state index in [0.717, 1.165) is 122 Å². The topological polar surface area (TPSA) is 458 Å². The summed E-state index contributed by atoms with van der Waals surface area (Å²) in [5.41, 5.74) is -2.73. The fourth-order valence-electron chi connectivity index (χ4n) is 10.5. The number of carbonyl (C=O) groups excluding carboxylic acids is 11. The Morgan fingerprint density at radius 1 is 0.233 bits per heavy atom. The number of esters is 10. The Balaban J connectivity index is 0.000000246. The maximum Gasteiger partial charge on any atom is 0.324 e. The Labute approximate surface area is 926 Å². The van der Waals surface area contributed by atoms with Crippen LogP contribution in [-0.4, -0.2) is 300 Å². The first kappa shape index (κ1) is 120. The molecule has 0 aliphatic rings. The van der Waals surface area contributed by atoms with E-state index in [9.17, 15) is 52.7 Å². The average molecular weight is 2350 g/mol. The Morgan fingerprint density at radius 3 is 0.534 bits per heavy atom. The van der Waals surface area contributed by atoms with Gasteiger partial charge >= 0.3 is 64.9 Å². The van der Waals surface area contributed by atoms with Crippen molar-refractivity contribution in [2.75, 3.05) is 46.2 Å². The van der Waals surface area contributed by atoms with Gasteiger partial charge in [0.05, 0.1) is 5.41 Å². The number of hydrogen-bond acceptors (Lipinski definition) is 50. The lowest BCUT2D eigenvalue weighted by molar-refractivity contribution is -0.170. The molecule has 0 aliphatic carbocycles. The van der Waals surface area contributed by atoms with Crippen molar-refractivity contribution in [1.82, 2.24) is 97.8 Å². The molecule has 10 atom stereocenters. The van der Waals surface area contributed by atoms with Crippen molar-refractivity contribution in [3.63, 3.8) is 0 Å². The third-order valence-electron chi connectivity index (χ3n) is 18.3. The number of nitrogens with zero attached hydrogens (tertiary/aromatic N) is 20. The molecule has 41 nitrogen and oxygen atoms in total. The van der Waals surface area contributed by atoms with E-state index in [1.54, 1.807) is 241 Å². The van der Waals surface area contributed by atoms with E-state index in [1.807, 2.05) is 0 Å². The molecule has 1 aromatic carbocycles. The van der Waals surface area contributed by atoms with Crippen LogP contribution in [-0.2, 0) is 81.1 Å². The summed E-state index contributed by atoms with van der Waals surface area (Å²) in [6, 6.07) is 20.9. The van der Waals surface area contributed by atoms with Crippen LogP contribution in [0.4, 0.5) is 4.79 Å².